The molecule has 3 aromatic rings. The number of aromatic hydroxyl groups is 1. The molecule has 0 bridgehead atoms. The highest BCUT2D eigenvalue weighted by molar-refractivity contribution is 5.86. The second-order valence-corrected chi connectivity index (χ2v) is 5.52. The molecule has 23 heavy (non-hydrogen) atoms. The fourth-order valence-corrected chi connectivity index (χ4v) is 2.60. The van der Waals surface area contributed by atoms with Crippen LogP contribution in [0, 0.1) is 0 Å². The van der Waals surface area contributed by atoms with Crippen molar-refractivity contribution in [2.24, 2.45) is 0 Å². The normalized spacial score (nSPS) is 10.3. The average molecular weight is 305 g/mol. The molecule has 2 aromatic carbocycles. The Morgan fingerprint density at radius 2 is 1.74 bits per heavy atom. The minimum Gasteiger partial charge on any atom is -0.506 e. The van der Waals surface area contributed by atoms with Gasteiger partial charge >= 0.3 is 0 Å². The Morgan fingerprint density at radius 3 is 2.39 bits per heavy atom. The summed E-state index contributed by atoms with van der Waals surface area (Å²) in [6, 6.07) is 17.6. The fraction of sp³-hybridized carbons (Fsp3) is 0.105. The third-order valence-electron chi connectivity index (χ3n) is 3.57. The summed E-state index contributed by atoms with van der Waals surface area (Å²) in [7, 11) is 3.85. The van der Waals surface area contributed by atoms with Crippen LogP contribution >= 0.6 is 0 Å². The number of phenolic OH excluding ortho intramolecular Hbond substituents is 1. The Kier molecular flexibility index (Phi) is 4.15. The summed E-state index contributed by atoms with van der Waals surface area (Å²) in [4.78, 5) is 6.02. The lowest BCUT2D eigenvalue weighted by atomic mass is 10.0. The third-order valence-corrected chi connectivity index (χ3v) is 3.57. The molecule has 1 aromatic heterocycles. The monoisotopic (exact) mass is 305 g/mol. The van der Waals surface area contributed by atoms with Crippen LogP contribution in [0.5, 0.6) is 5.75 Å². The first-order valence-electron chi connectivity index (χ1n) is 7.42. The van der Waals surface area contributed by atoms with Gasteiger partial charge in [0.1, 0.15) is 5.75 Å². The van der Waals surface area contributed by atoms with Gasteiger partial charge in [-0.2, -0.15) is 0 Å². The minimum atomic E-state index is 0.239. The van der Waals surface area contributed by atoms with Crippen LogP contribution in [0.25, 0.3) is 11.1 Å². The molecule has 0 fully saturated rings. The van der Waals surface area contributed by atoms with Crippen molar-refractivity contribution in [1.29, 1.82) is 0 Å². The van der Waals surface area contributed by atoms with Crippen molar-refractivity contribution in [2.45, 2.75) is 0 Å². The summed E-state index contributed by atoms with van der Waals surface area (Å²) >= 11 is 0. The number of aromatic nitrogens is 1. The summed E-state index contributed by atoms with van der Waals surface area (Å²) in [6.45, 7) is 0. The van der Waals surface area contributed by atoms with Crippen LogP contribution in [0.4, 0.5) is 17.1 Å². The Labute approximate surface area is 136 Å². The smallest absolute Gasteiger partial charge is 0.141 e. The van der Waals surface area contributed by atoms with Gasteiger partial charge in [-0.3, -0.25) is 4.98 Å². The van der Waals surface area contributed by atoms with Crippen LogP contribution in [0.1, 0.15) is 0 Å². The molecule has 2 N–H and O–H groups in total. The first-order chi connectivity index (χ1) is 11.1. The van der Waals surface area contributed by atoms with Crippen molar-refractivity contribution >= 4 is 17.1 Å². The van der Waals surface area contributed by atoms with Gasteiger partial charge in [-0.05, 0) is 23.8 Å². The molecule has 0 aliphatic heterocycles. The molecule has 0 spiro atoms. The molecule has 116 valence electrons. The van der Waals surface area contributed by atoms with Crippen molar-refractivity contribution in [1.82, 2.24) is 4.98 Å². The Bertz CT molecular complexity index is 786. The van der Waals surface area contributed by atoms with Crippen LogP contribution in [-0.4, -0.2) is 24.2 Å². The third kappa shape index (κ3) is 3.26. The molecule has 0 aliphatic rings. The molecule has 4 nitrogen and oxygen atoms in total. The molecular formula is C19H19N3O. The first kappa shape index (κ1) is 14.9. The van der Waals surface area contributed by atoms with Gasteiger partial charge in [0, 0.05) is 37.6 Å². The van der Waals surface area contributed by atoms with Gasteiger partial charge in [0.25, 0.3) is 0 Å². The largest absolute Gasteiger partial charge is 0.506 e. The van der Waals surface area contributed by atoms with Crippen molar-refractivity contribution in [2.75, 3.05) is 24.3 Å². The minimum absolute atomic E-state index is 0.239. The van der Waals surface area contributed by atoms with Gasteiger partial charge in [-0.1, -0.05) is 30.3 Å². The molecule has 0 saturated heterocycles. The number of nitrogens with one attached hydrogen (secondary N) is 1. The number of pyridine rings is 1. The predicted octanol–water partition coefficient (Wildman–Crippen LogP) is 4.26. The molecular weight excluding hydrogens is 286 g/mol. The van der Waals surface area contributed by atoms with Crippen molar-refractivity contribution in [3.05, 3.63) is 67.0 Å². The van der Waals surface area contributed by atoms with E-state index in [2.05, 4.69) is 10.3 Å². The number of phenols is 1. The van der Waals surface area contributed by atoms with E-state index < -0.39 is 0 Å². The zero-order valence-corrected chi connectivity index (χ0v) is 13.2. The number of hydrogen-bond acceptors (Lipinski definition) is 4. The number of anilines is 3. The predicted molar refractivity (Wildman–Crippen MR) is 95.4 cm³/mol. The quantitative estimate of drug-likeness (QED) is 0.756. The summed E-state index contributed by atoms with van der Waals surface area (Å²) in [5.74, 6) is 0.239. The summed E-state index contributed by atoms with van der Waals surface area (Å²) in [5, 5.41) is 13.8. The Hall–Kier alpha value is -3.01. The number of hydrogen-bond donors (Lipinski definition) is 2. The van der Waals surface area contributed by atoms with Gasteiger partial charge in [-0.15, -0.1) is 0 Å². The van der Waals surface area contributed by atoms with E-state index in [0.717, 1.165) is 28.2 Å². The van der Waals surface area contributed by atoms with Gasteiger partial charge in [0.15, 0.2) is 0 Å². The highest BCUT2D eigenvalue weighted by Gasteiger charge is 2.14. The van der Waals surface area contributed by atoms with Crippen LogP contribution in [0.3, 0.4) is 0 Å². The van der Waals surface area contributed by atoms with Crippen LogP contribution in [0.15, 0.2) is 67.0 Å². The molecule has 0 amide bonds. The van der Waals surface area contributed by atoms with E-state index in [4.69, 9.17) is 0 Å². The second-order valence-electron chi connectivity index (χ2n) is 5.52. The van der Waals surface area contributed by atoms with E-state index in [0.29, 0.717) is 0 Å². The molecule has 0 atom stereocenters. The molecule has 0 radical (unpaired) electrons. The van der Waals surface area contributed by atoms with E-state index in [-0.39, 0.29) is 5.75 Å². The molecule has 0 aliphatic carbocycles. The lowest BCUT2D eigenvalue weighted by Gasteiger charge is -2.21. The molecule has 1 heterocycles. The maximum absolute atomic E-state index is 10.5. The average Bonchev–Trinajstić information content (AvgIpc) is 2.55. The van der Waals surface area contributed by atoms with Gasteiger partial charge < -0.3 is 15.3 Å². The highest BCUT2D eigenvalue weighted by atomic mass is 16.3. The lowest BCUT2D eigenvalue weighted by molar-refractivity contribution is 0.476. The zero-order valence-electron chi connectivity index (χ0n) is 13.2. The summed E-state index contributed by atoms with van der Waals surface area (Å²) in [5.41, 5.74) is 4.53. The van der Waals surface area contributed by atoms with Crippen LogP contribution in [-0.2, 0) is 0 Å². The van der Waals surface area contributed by atoms with Gasteiger partial charge in [-0.25, -0.2) is 0 Å². The van der Waals surface area contributed by atoms with E-state index in [1.807, 2.05) is 67.5 Å². The van der Waals surface area contributed by atoms with Crippen molar-refractivity contribution in [3.63, 3.8) is 0 Å². The zero-order chi connectivity index (χ0) is 16.2. The summed E-state index contributed by atoms with van der Waals surface area (Å²) < 4.78 is 0. The summed E-state index contributed by atoms with van der Waals surface area (Å²) in [6.07, 6.45) is 3.48. The van der Waals surface area contributed by atoms with Crippen molar-refractivity contribution < 1.29 is 5.11 Å². The van der Waals surface area contributed by atoms with Gasteiger partial charge in [0.2, 0.25) is 0 Å². The van der Waals surface area contributed by atoms with Crippen LogP contribution in [0.2, 0.25) is 0 Å². The molecule has 4 heteroatoms. The first-order valence-corrected chi connectivity index (χ1v) is 7.42. The SMILES string of the molecule is CN(C)c1c(O)cc(Nc2cccnc2)cc1-c1ccccc1. The standard InChI is InChI=1S/C19H19N3O/c1-22(2)19-17(14-7-4-3-5-8-14)11-16(12-18(19)23)21-15-9-6-10-20-13-15/h3-13,21,23H,1-2H3. The van der Waals surface area contributed by atoms with E-state index in [1.54, 1.807) is 18.5 Å². The maximum Gasteiger partial charge on any atom is 0.141 e. The fourth-order valence-electron chi connectivity index (χ4n) is 2.60. The molecule has 0 unspecified atom stereocenters. The van der Waals surface area contributed by atoms with E-state index >= 15 is 0 Å². The highest BCUT2D eigenvalue weighted by Crippen LogP contribution is 2.40. The maximum atomic E-state index is 10.5. The van der Waals surface area contributed by atoms with Crippen molar-refractivity contribution in [3.8, 4) is 16.9 Å². The Balaban J connectivity index is 2.09. The second kappa shape index (κ2) is 6.40. The lowest BCUT2D eigenvalue weighted by Crippen LogP contribution is -2.10. The topological polar surface area (TPSA) is 48.4 Å². The number of nitrogens with zero attached hydrogens (tertiary/aromatic N) is 2. The van der Waals surface area contributed by atoms with E-state index in [1.165, 1.54) is 0 Å². The van der Waals surface area contributed by atoms with E-state index in [9.17, 15) is 5.11 Å². The van der Waals surface area contributed by atoms with Gasteiger partial charge in [0.05, 0.1) is 17.6 Å². The van der Waals surface area contributed by atoms with Crippen LogP contribution < -0.4 is 10.2 Å². The molecule has 0 saturated carbocycles. The number of benzene rings is 2. The molecule has 3 rings (SSSR count). The number of rotatable bonds is 4. The Morgan fingerprint density at radius 1 is 0.957 bits per heavy atom.